The molecule has 5 heteroatoms. The number of aliphatic hydroxyl groups excluding tert-OH is 1. The zero-order valence-corrected chi connectivity index (χ0v) is 10.3. The van der Waals surface area contributed by atoms with Gasteiger partial charge in [-0.1, -0.05) is 6.92 Å². The molecule has 4 N–H and O–H groups in total. The number of amides is 1. The first-order valence-corrected chi connectivity index (χ1v) is 6.71. The maximum absolute atomic E-state index is 11.4. The highest BCUT2D eigenvalue weighted by molar-refractivity contribution is 7.98. The fourth-order valence-electron chi connectivity index (χ4n) is 1.07. The van der Waals surface area contributed by atoms with E-state index in [0.29, 0.717) is 25.8 Å². The van der Waals surface area contributed by atoms with Gasteiger partial charge in [0.2, 0.25) is 5.91 Å². The molecule has 1 unspecified atom stereocenters. The largest absolute Gasteiger partial charge is 0.393 e. The van der Waals surface area contributed by atoms with Crippen molar-refractivity contribution in [3.8, 4) is 0 Å². The molecule has 90 valence electrons. The lowest BCUT2D eigenvalue weighted by Crippen LogP contribution is -2.41. The van der Waals surface area contributed by atoms with Crippen molar-refractivity contribution >= 4 is 17.7 Å². The third kappa shape index (κ3) is 7.64. The maximum atomic E-state index is 11.4. The predicted molar refractivity (Wildman–Crippen MR) is 64.9 cm³/mol. The van der Waals surface area contributed by atoms with Crippen LogP contribution in [0.4, 0.5) is 0 Å². The molecule has 0 aliphatic rings. The summed E-state index contributed by atoms with van der Waals surface area (Å²) >= 11 is 1.68. The molecule has 0 rings (SSSR count). The summed E-state index contributed by atoms with van der Waals surface area (Å²) in [6, 6.07) is -0.420. The molecule has 1 amide bonds. The molecule has 0 aromatic rings. The summed E-state index contributed by atoms with van der Waals surface area (Å²) in [5, 5.41) is 12.0. The normalized spacial score (nSPS) is 14.7. The minimum absolute atomic E-state index is 0.118. The predicted octanol–water partition coefficient (Wildman–Crippen LogP) is 0.344. The van der Waals surface area contributed by atoms with Gasteiger partial charge in [0.05, 0.1) is 12.1 Å². The van der Waals surface area contributed by atoms with Crippen molar-refractivity contribution in [2.75, 3.05) is 18.6 Å². The van der Waals surface area contributed by atoms with Crippen molar-refractivity contribution in [1.29, 1.82) is 0 Å². The Hall–Kier alpha value is -0.260. The SMILES string of the molecule is CCC(O)CCNC(=O)[C@H](N)CCSC. The van der Waals surface area contributed by atoms with E-state index >= 15 is 0 Å². The van der Waals surface area contributed by atoms with Gasteiger partial charge >= 0.3 is 0 Å². The molecule has 0 saturated heterocycles. The minimum Gasteiger partial charge on any atom is -0.393 e. The van der Waals surface area contributed by atoms with Crippen molar-refractivity contribution in [3.05, 3.63) is 0 Å². The van der Waals surface area contributed by atoms with Crippen LogP contribution in [-0.2, 0) is 4.79 Å². The van der Waals surface area contributed by atoms with Gasteiger partial charge in [-0.2, -0.15) is 11.8 Å². The lowest BCUT2D eigenvalue weighted by atomic mass is 10.2. The van der Waals surface area contributed by atoms with E-state index in [1.165, 1.54) is 0 Å². The maximum Gasteiger partial charge on any atom is 0.236 e. The van der Waals surface area contributed by atoms with Crippen molar-refractivity contribution < 1.29 is 9.90 Å². The van der Waals surface area contributed by atoms with Gasteiger partial charge in [-0.25, -0.2) is 0 Å². The topological polar surface area (TPSA) is 75.3 Å². The lowest BCUT2D eigenvalue weighted by Gasteiger charge is -2.12. The number of hydrogen-bond acceptors (Lipinski definition) is 4. The number of aliphatic hydroxyl groups is 1. The van der Waals surface area contributed by atoms with E-state index in [9.17, 15) is 9.90 Å². The average Bonchev–Trinajstić information content (AvgIpc) is 2.25. The van der Waals surface area contributed by atoms with Crippen LogP contribution >= 0.6 is 11.8 Å². The number of nitrogens with one attached hydrogen (secondary N) is 1. The fraction of sp³-hybridized carbons (Fsp3) is 0.900. The van der Waals surface area contributed by atoms with E-state index in [-0.39, 0.29) is 12.0 Å². The first kappa shape index (κ1) is 14.7. The molecule has 4 nitrogen and oxygen atoms in total. The van der Waals surface area contributed by atoms with Gasteiger partial charge in [0, 0.05) is 6.54 Å². The zero-order valence-electron chi connectivity index (χ0n) is 9.53. The summed E-state index contributed by atoms with van der Waals surface area (Å²) in [5.41, 5.74) is 5.66. The molecule has 0 heterocycles. The first-order valence-electron chi connectivity index (χ1n) is 5.32. The lowest BCUT2D eigenvalue weighted by molar-refractivity contribution is -0.122. The smallest absolute Gasteiger partial charge is 0.236 e. The third-order valence-corrected chi connectivity index (χ3v) is 2.86. The highest BCUT2D eigenvalue weighted by atomic mass is 32.2. The summed E-state index contributed by atoms with van der Waals surface area (Å²) in [4.78, 5) is 11.4. The second-order valence-corrected chi connectivity index (χ2v) is 4.52. The average molecular weight is 234 g/mol. The van der Waals surface area contributed by atoms with Gasteiger partial charge < -0.3 is 16.2 Å². The van der Waals surface area contributed by atoms with E-state index in [1.54, 1.807) is 11.8 Å². The van der Waals surface area contributed by atoms with E-state index < -0.39 is 6.04 Å². The monoisotopic (exact) mass is 234 g/mol. The molecule has 0 saturated carbocycles. The van der Waals surface area contributed by atoms with Gasteiger partial charge in [0.25, 0.3) is 0 Å². The Kier molecular flexibility index (Phi) is 8.85. The van der Waals surface area contributed by atoms with E-state index in [2.05, 4.69) is 5.32 Å². The van der Waals surface area contributed by atoms with Crippen LogP contribution in [0.1, 0.15) is 26.2 Å². The number of hydrogen-bond donors (Lipinski definition) is 3. The zero-order chi connectivity index (χ0) is 11.7. The van der Waals surface area contributed by atoms with Gasteiger partial charge in [0.15, 0.2) is 0 Å². The fourth-order valence-corrected chi connectivity index (χ4v) is 1.56. The highest BCUT2D eigenvalue weighted by Crippen LogP contribution is 1.99. The number of carbonyl (C=O) groups is 1. The van der Waals surface area contributed by atoms with Gasteiger partial charge in [-0.15, -0.1) is 0 Å². The van der Waals surface area contributed by atoms with Crippen LogP contribution < -0.4 is 11.1 Å². The summed E-state index contributed by atoms with van der Waals surface area (Å²) in [6.45, 7) is 2.41. The summed E-state index contributed by atoms with van der Waals surface area (Å²) in [7, 11) is 0. The number of thioether (sulfide) groups is 1. The van der Waals surface area contributed by atoms with Crippen LogP contribution in [0.15, 0.2) is 0 Å². The second-order valence-electron chi connectivity index (χ2n) is 3.53. The third-order valence-electron chi connectivity index (χ3n) is 2.22. The molecule has 0 bridgehead atoms. The Labute approximate surface area is 96.0 Å². The molecule has 0 fully saturated rings. The second kappa shape index (κ2) is 9.00. The van der Waals surface area contributed by atoms with Crippen LogP contribution in [0.3, 0.4) is 0 Å². The van der Waals surface area contributed by atoms with Crippen molar-refractivity contribution in [1.82, 2.24) is 5.32 Å². The van der Waals surface area contributed by atoms with Crippen LogP contribution in [0.25, 0.3) is 0 Å². The van der Waals surface area contributed by atoms with Gasteiger partial charge in [-0.05, 0) is 31.3 Å². The summed E-state index contributed by atoms with van der Waals surface area (Å²) in [6.07, 6.45) is 3.67. The Bertz CT molecular complexity index is 179. The molecular formula is C10H22N2O2S. The van der Waals surface area contributed by atoms with Crippen LogP contribution in [-0.4, -0.2) is 41.7 Å². The first-order chi connectivity index (χ1) is 7.11. The molecule has 2 atom stereocenters. The Morgan fingerprint density at radius 1 is 1.53 bits per heavy atom. The van der Waals surface area contributed by atoms with Crippen molar-refractivity contribution in [3.63, 3.8) is 0 Å². The number of carbonyl (C=O) groups excluding carboxylic acids is 1. The quantitative estimate of drug-likeness (QED) is 0.566. The molecular weight excluding hydrogens is 212 g/mol. The van der Waals surface area contributed by atoms with E-state index in [1.807, 2.05) is 13.2 Å². The number of nitrogens with two attached hydrogens (primary N) is 1. The van der Waals surface area contributed by atoms with Crippen molar-refractivity contribution in [2.45, 2.75) is 38.3 Å². The molecule has 0 radical (unpaired) electrons. The molecule has 15 heavy (non-hydrogen) atoms. The Balaban J connectivity index is 3.55. The van der Waals surface area contributed by atoms with E-state index in [0.717, 1.165) is 5.75 Å². The standard InChI is InChI=1S/C10H22N2O2S/c1-3-8(13)4-6-12-10(14)9(11)5-7-15-2/h8-9,13H,3-7,11H2,1-2H3,(H,12,14)/t8?,9-/m1/s1. The molecule has 0 aromatic heterocycles. The Morgan fingerprint density at radius 3 is 2.73 bits per heavy atom. The van der Waals surface area contributed by atoms with Gasteiger partial charge in [0.1, 0.15) is 0 Å². The number of rotatable bonds is 8. The van der Waals surface area contributed by atoms with Crippen LogP contribution in [0.5, 0.6) is 0 Å². The molecule has 0 aliphatic heterocycles. The van der Waals surface area contributed by atoms with Crippen LogP contribution in [0, 0.1) is 0 Å². The molecule has 0 aromatic carbocycles. The van der Waals surface area contributed by atoms with E-state index in [4.69, 9.17) is 5.73 Å². The molecule has 0 aliphatic carbocycles. The summed E-state index contributed by atoms with van der Waals surface area (Å²) < 4.78 is 0. The van der Waals surface area contributed by atoms with Crippen molar-refractivity contribution in [2.24, 2.45) is 5.73 Å². The highest BCUT2D eigenvalue weighted by Gasteiger charge is 2.12. The van der Waals surface area contributed by atoms with Gasteiger partial charge in [-0.3, -0.25) is 4.79 Å². The summed E-state index contributed by atoms with van der Waals surface area (Å²) in [5.74, 6) is 0.777. The van der Waals surface area contributed by atoms with Crippen LogP contribution in [0.2, 0.25) is 0 Å². The Morgan fingerprint density at radius 2 is 2.20 bits per heavy atom. The molecule has 0 spiro atoms. The minimum atomic E-state index is -0.420.